The van der Waals surface area contributed by atoms with Crippen LogP contribution in [0.3, 0.4) is 0 Å². The Hall–Kier alpha value is -1.52. The lowest BCUT2D eigenvalue weighted by atomic mass is 10.2. The van der Waals surface area contributed by atoms with Crippen LogP contribution in [0.5, 0.6) is 0 Å². The predicted molar refractivity (Wildman–Crippen MR) is 71.7 cm³/mol. The summed E-state index contributed by atoms with van der Waals surface area (Å²) in [5.41, 5.74) is 0. The Balaban J connectivity index is 1.99. The Morgan fingerprint density at radius 3 is 2.56 bits per heavy atom. The zero-order chi connectivity index (χ0) is 13.0. The summed E-state index contributed by atoms with van der Waals surface area (Å²) in [6.07, 6.45) is 6.40. The van der Waals surface area contributed by atoms with Crippen LogP contribution < -0.4 is 5.32 Å². The smallest absolute Gasteiger partial charge is 0.322 e. The quantitative estimate of drug-likeness (QED) is 0.877. The fraction of sp³-hybridized carbons (Fsp3) is 0.692. The Morgan fingerprint density at radius 2 is 1.94 bits per heavy atom. The number of carbonyl (C=O) groups is 1. The minimum Gasteiger partial charge on any atom is -0.325 e. The number of urea groups is 1. The van der Waals surface area contributed by atoms with Gasteiger partial charge in [0.05, 0.1) is 6.20 Å². The molecule has 0 saturated carbocycles. The number of likely N-dealkylation sites (tertiary alicyclic amines) is 1. The van der Waals surface area contributed by atoms with Gasteiger partial charge in [-0.2, -0.15) is 5.10 Å². The fourth-order valence-electron chi connectivity index (χ4n) is 2.29. The van der Waals surface area contributed by atoms with E-state index in [2.05, 4.69) is 24.3 Å². The van der Waals surface area contributed by atoms with E-state index in [0.29, 0.717) is 0 Å². The van der Waals surface area contributed by atoms with Crippen molar-refractivity contribution < 1.29 is 4.79 Å². The summed E-state index contributed by atoms with van der Waals surface area (Å²) in [5, 5.41) is 7.17. The number of hydrogen-bond acceptors (Lipinski definition) is 2. The lowest BCUT2D eigenvalue weighted by Crippen LogP contribution is -2.36. The normalized spacial score (nSPS) is 16.7. The summed E-state index contributed by atoms with van der Waals surface area (Å²) in [4.78, 5) is 14.1. The van der Waals surface area contributed by atoms with Crippen molar-refractivity contribution in [2.45, 2.75) is 45.6 Å². The van der Waals surface area contributed by atoms with Crippen LogP contribution in [-0.4, -0.2) is 33.8 Å². The van der Waals surface area contributed by atoms with E-state index in [-0.39, 0.29) is 12.1 Å². The first-order valence-electron chi connectivity index (χ1n) is 6.78. The zero-order valence-corrected chi connectivity index (χ0v) is 11.2. The third kappa shape index (κ3) is 3.03. The van der Waals surface area contributed by atoms with Gasteiger partial charge in [-0.05, 0) is 26.7 Å². The summed E-state index contributed by atoms with van der Waals surface area (Å²) < 4.78 is 1.83. The van der Waals surface area contributed by atoms with E-state index in [0.717, 1.165) is 31.7 Å². The molecule has 1 N–H and O–H groups in total. The van der Waals surface area contributed by atoms with Crippen LogP contribution >= 0.6 is 0 Å². The number of nitrogens with zero attached hydrogens (tertiary/aromatic N) is 3. The molecule has 1 aliphatic rings. The lowest BCUT2D eigenvalue weighted by Gasteiger charge is -2.21. The van der Waals surface area contributed by atoms with Gasteiger partial charge < -0.3 is 4.90 Å². The molecule has 1 aromatic rings. The molecule has 1 saturated heterocycles. The van der Waals surface area contributed by atoms with E-state index in [1.807, 2.05) is 15.6 Å². The lowest BCUT2D eigenvalue weighted by molar-refractivity contribution is 0.213. The molecule has 0 bridgehead atoms. The van der Waals surface area contributed by atoms with Crippen LogP contribution in [0.2, 0.25) is 0 Å². The van der Waals surface area contributed by atoms with Gasteiger partial charge in [-0.15, -0.1) is 0 Å². The number of anilines is 1. The van der Waals surface area contributed by atoms with Gasteiger partial charge in [0.1, 0.15) is 5.82 Å². The fourth-order valence-corrected chi connectivity index (χ4v) is 2.29. The molecule has 2 heterocycles. The van der Waals surface area contributed by atoms with Gasteiger partial charge in [-0.25, -0.2) is 9.48 Å². The molecular formula is C13H22N4O. The Kier molecular flexibility index (Phi) is 4.23. The van der Waals surface area contributed by atoms with Crippen molar-refractivity contribution in [1.82, 2.24) is 14.7 Å². The average molecular weight is 250 g/mol. The highest BCUT2D eigenvalue weighted by atomic mass is 16.2. The van der Waals surface area contributed by atoms with Gasteiger partial charge in [0.25, 0.3) is 0 Å². The van der Waals surface area contributed by atoms with Crippen LogP contribution in [0, 0.1) is 0 Å². The van der Waals surface area contributed by atoms with Gasteiger partial charge in [0, 0.05) is 25.2 Å². The molecule has 0 aliphatic carbocycles. The molecule has 1 aliphatic heterocycles. The second kappa shape index (κ2) is 5.89. The van der Waals surface area contributed by atoms with Gasteiger partial charge >= 0.3 is 6.03 Å². The molecule has 5 heteroatoms. The number of aromatic nitrogens is 2. The SMILES string of the molecule is CC(C)n1nccc1NC(=O)N1CCCCCC1. The Labute approximate surface area is 108 Å². The molecule has 0 atom stereocenters. The molecule has 5 nitrogen and oxygen atoms in total. The molecule has 2 rings (SSSR count). The van der Waals surface area contributed by atoms with Gasteiger partial charge in [0.15, 0.2) is 0 Å². The maximum atomic E-state index is 12.2. The molecule has 1 aromatic heterocycles. The van der Waals surface area contributed by atoms with Crippen molar-refractivity contribution in [2.75, 3.05) is 18.4 Å². The second-order valence-electron chi connectivity index (χ2n) is 5.09. The highest BCUT2D eigenvalue weighted by Crippen LogP contribution is 2.15. The molecular weight excluding hydrogens is 228 g/mol. The molecule has 2 amide bonds. The van der Waals surface area contributed by atoms with E-state index < -0.39 is 0 Å². The molecule has 0 radical (unpaired) electrons. The first kappa shape index (κ1) is 12.9. The van der Waals surface area contributed by atoms with Gasteiger partial charge in [-0.1, -0.05) is 12.8 Å². The minimum absolute atomic E-state index is 0.000648. The molecule has 1 fully saturated rings. The first-order valence-corrected chi connectivity index (χ1v) is 6.78. The number of hydrogen-bond donors (Lipinski definition) is 1. The summed E-state index contributed by atoms with van der Waals surface area (Å²) in [6, 6.07) is 2.09. The van der Waals surface area contributed by atoms with Crippen LogP contribution in [0.25, 0.3) is 0 Å². The average Bonchev–Trinajstić information content (AvgIpc) is 2.63. The molecule has 0 aromatic carbocycles. The summed E-state index contributed by atoms with van der Waals surface area (Å²) >= 11 is 0. The molecule has 18 heavy (non-hydrogen) atoms. The highest BCUT2D eigenvalue weighted by Gasteiger charge is 2.17. The van der Waals surface area contributed by atoms with Crippen LogP contribution in [0.4, 0.5) is 10.6 Å². The van der Waals surface area contributed by atoms with Crippen molar-refractivity contribution in [1.29, 1.82) is 0 Å². The summed E-state index contributed by atoms with van der Waals surface area (Å²) in [6.45, 7) is 5.83. The largest absolute Gasteiger partial charge is 0.325 e. The maximum Gasteiger partial charge on any atom is 0.322 e. The van der Waals surface area contributed by atoms with E-state index in [4.69, 9.17) is 0 Å². The van der Waals surface area contributed by atoms with Crippen molar-refractivity contribution in [3.8, 4) is 0 Å². The van der Waals surface area contributed by atoms with Crippen LogP contribution in [0.1, 0.15) is 45.6 Å². The third-order valence-electron chi connectivity index (χ3n) is 3.29. The van der Waals surface area contributed by atoms with Crippen molar-refractivity contribution in [3.63, 3.8) is 0 Å². The van der Waals surface area contributed by atoms with E-state index in [9.17, 15) is 4.79 Å². The number of carbonyl (C=O) groups excluding carboxylic acids is 1. The Bertz CT molecular complexity index is 391. The van der Waals surface area contributed by atoms with Gasteiger partial charge in [-0.3, -0.25) is 5.32 Å². The second-order valence-corrected chi connectivity index (χ2v) is 5.09. The topological polar surface area (TPSA) is 50.2 Å². The van der Waals surface area contributed by atoms with E-state index in [1.165, 1.54) is 12.8 Å². The first-order chi connectivity index (χ1) is 8.68. The highest BCUT2D eigenvalue weighted by molar-refractivity contribution is 5.88. The zero-order valence-electron chi connectivity index (χ0n) is 11.2. The van der Waals surface area contributed by atoms with Crippen molar-refractivity contribution >= 4 is 11.8 Å². The molecule has 100 valence electrons. The van der Waals surface area contributed by atoms with Crippen LogP contribution in [0.15, 0.2) is 12.3 Å². The van der Waals surface area contributed by atoms with Crippen LogP contribution in [-0.2, 0) is 0 Å². The number of rotatable bonds is 2. The van der Waals surface area contributed by atoms with Gasteiger partial charge in [0.2, 0.25) is 0 Å². The molecule has 0 unspecified atom stereocenters. The standard InChI is InChI=1S/C13H22N4O/c1-11(2)17-12(7-8-14-17)15-13(18)16-9-5-3-4-6-10-16/h7-8,11H,3-6,9-10H2,1-2H3,(H,15,18). The number of nitrogens with one attached hydrogen (secondary N) is 1. The van der Waals surface area contributed by atoms with E-state index in [1.54, 1.807) is 6.20 Å². The number of amides is 2. The third-order valence-corrected chi connectivity index (χ3v) is 3.29. The predicted octanol–water partition coefficient (Wildman–Crippen LogP) is 2.87. The summed E-state index contributed by atoms with van der Waals surface area (Å²) in [7, 11) is 0. The van der Waals surface area contributed by atoms with Crippen molar-refractivity contribution in [2.24, 2.45) is 0 Å². The molecule has 0 spiro atoms. The minimum atomic E-state index is -0.000648. The Morgan fingerprint density at radius 1 is 1.28 bits per heavy atom. The van der Waals surface area contributed by atoms with E-state index >= 15 is 0 Å². The summed E-state index contributed by atoms with van der Waals surface area (Å²) in [5.74, 6) is 0.777. The monoisotopic (exact) mass is 250 g/mol. The maximum absolute atomic E-state index is 12.2. The van der Waals surface area contributed by atoms with Crippen molar-refractivity contribution in [3.05, 3.63) is 12.3 Å².